The summed E-state index contributed by atoms with van der Waals surface area (Å²) in [5, 5.41) is 9.06. The lowest BCUT2D eigenvalue weighted by Crippen LogP contribution is -2.31. The molecule has 2 heterocycles. The molecule has 1 aliphatic rings. The standard InChI is InChI=1S/C15H15N3O2/c1-10-7-16-15(17-8-10)18-5-4-11-2-3-12(14(19)20)6-13(11)9-18/h2-3,6-8H,4-5,9H2,1H3,(H,19,20). The van der Waals surface area contributed by atoms with Gasteiger partial charge in [-0.25, -0.2) is 14.8 Å². The molecule has 1 aromatic carbocycles. The van der Waals surface area contributed by atoms with Crippen molar-refractivity contribution >= 4 is 11.9 Å². The molecule has 5 heteroatoms. The van der Waals surface area contributed by atoms with Crippen LogP contribution in [0.3, 0.4) is 0 Å². The second-order valence-corrected chi connectivity index (χ2v) is 5.02. The molecule has 0 saturated carbocycles. The van der Waals surface area contributed by atoms with Gasteiger partial charge in [0, 0.05) is 25.5 Å². The highest BCUT2D eigenvalue weighted by Crippen LogP contribution is 2.23. The molecule has 0 spiro atoms. The van der Waals surface area contributed by atoms with E-state index in [0.29, 0.717) is 18.1 Å². The van der Waals surface area contributed by atoms with Gasteiger partial charge >= 0.3 is 5.97 Å². The Labute approximate surface area is 116 Å². The highest BCUT2D eigenvalue weighted by atomic mass is 16.4. The number of hydrogen-bond donors (Lipinski definition) is 1. The average Bonchev–Trinajstić information content (AvgIpc) is 2.47. The zero-order valence-corrected chi connectivity index (χ0v) is 11.2. The molecule has 0 radical (unpaired) electrons. The highest BCUT2D eigenvalue weighted by molar-refractivity contribution is 5.88. The molecule has 0 amide bonds. The number of rotatable bonds is 2. The summed E-state index contributed by atoms with van der Waals surface area (Å²) in [5.41, 5.74) is 3.61. The van der Waals surface area contributed by atoms with Gasteiger partial charge in [0.1, 0.15) is 0 Å². The molecule has 0 atom stereocenters. The van der Waals surface area contributed by atoms with Gasteiger partial charge < -0.3 is 10.0 Å². The lowest BCUT2D eigenvalue weighted by atomic mass is 9.97. The molecule has 1 N–H and O–H groups in total. The van der Waals surface area contributed by atoms with Crippen molar-refractivity contribution < 1.29 is 9.90 Å². The summed E-state index contributed by atoms with van der Waals surface area (Å²) in [6, 6.07) is 5.32. The summed E-state index contributed by atoms with van der Waals surface area (Å²) in [6.45, 7) is 3.45. The van der Waals surface area contributed by atoms with Crippen LogP contribution in [0.25, 0.3) is 0 Å². The van der Waals surface area contributed by atoms with Crippen LogP contribution in [0.15, 0.2) is 30.6 Å². The fraction of sp³-hybridized carbons (Fsp3) is 0.267. The fourth-order valence-electron chi connectivity index (χ4n) is 2.41. The minimum Gasteiger partial charge on any atom is -0.478 e. The van der Waals surface area contributed by atoms with Gasteiger partial charge in [0.05, 0.1) is 5.56 Å². The van der Waals surface area contributed by atoms with E-state index in [9.17, 15) is 4.79 Å². The number of anilines is 1. The zero-order valence-electron chi connectivity index (χ0n) is 11.2. The molecule has 1 aliphatic heterocycles. The van der Waals surface area contributed by atoms with Crippen molar-refractivity contribution in [2.75, 3.05) is 11.4 Å². The number of nitrogens with zero attached hydrogens (tertiary/aromatic N) is 3. The van der Waals surface area contributed by atoms with Crippen LogP contribution < -0.4 is 4.90 Å². The van der Waals surface area contributed by atoms with E-state index in [2.05, 4.69) is 14.9 Å². The number of carboxylic acid groups (broad SMARTS) is 1. The quantitative estimate of drug-likeness (QED) is 0.903. The van der Waals surface area contributed by atoms with Gasteiger partial charge in [-0.05, 0) is 42.2 Å². The third-order valence-electron chi connectivity index (χ3n) is 3.52. The van der Waals surface area contributed by atoms with Crippen LogP contribution >= 0.6 is 0 Å². The number of aryl methyl sites for hydroxylation is 1. The fourth-order valence-corrected chi connectivity index (χ4v) is 2.41. The first-order valence-corrected chi connectivity index (χ1v) is 6.52. The van der Waals surface area contributed by atoms with E-state index in [1.54, 1.807) is 24.5 Å². The molecule has 0 saturated heterocycles. The van der Waals surface area contributed by atoms with Crippen LogP contribution in [-0.2, 0) is 13.0 Å². The van der Waals surface area contributed by atoms with Gasteiger partial charge in [-0.15, -0.1) is 0 Å². The second-order valence-electron chi connectivity index (χ2n) is 5.02. The maximum absolute atomic E-state index is 11.0. The summed E-state index contributed by atoms with van der Waals surface area (Å²) in [5.74, 6) is -0.196. The first-order chi connectivity index (χ1) is 9.63. The number of carbonyl (C=O) groups is 1. The predicted molar refractivity (Wildman–Crippen MR) is 74.9 cm³/mol. The number of aromatic carboxylic acids is 1. The van der Waals surface area contributed by atoms with Crippen LogP contribution in [0.5, 0.6) is 0 Å². The molecule has 2 aromatic rings. The SMILES string of the molecule is Cc1cnc(N2CCc3ccc(C(=O)O)cc3C2)nc1. The molecule has 0 fully saturated rings. The summed E-state index contributed by atoms with van der Waals surface area (Å²) >= 11 is 0. The summed E-state index contributed by atoms with van der Waals surface area (Å²) in [7, 11) is 0. The van der Waals surface area contributed by atoms with Crippen LogP contribution in [0.1, 0.15) is 27.0 Å². The molecule has 3 rings (SSSR count). The number of hydrogen-bond acceptors (Lipinski definition) is 4. The Bertz CT molecular complexity index is 653. The largest absolute Gasteiger partial charge is 0.478 e. The minimum atomic E-state index is -0.892. The number of benzene rings is 1. The van der Waals surface area contributed by atoms with Gasteiger partial charge in [0.2, 0.25) is 5.95 Å². The van der Waals surface area contributed by atoms with E-state index in [1.165, 1.54) is 5.56 Å². The van der Waals surface area contributed by atoms with Crippen LogP contribution in [0, 0.1) is 6.92 Å². The Kier molecular flexibility index (Phi) is 3.10. The predicted octanol–water partition coefficient (Wildman–Crippen LogP) is 2.05. The van der Waals surface area contributed by atoms with E-state index < -0.39 is 5.97 Å². The first kappa shape index (κ1) is 12.6. The third kappa shape index (κ3) is 2.34. The number of aromatic nitrogens is 2. The Morgan fingerprint density at radius 1 is 1.25 bits per heavy atom. The summed E-state index contributed by atoms with van der Waals surface area (Å²) in [6.07, 6.45) is 4.48. The molecule has 102 valence electrons. The molecule has 1 aromatic heterocycles. The molecule has 0 unspecified atom stereocenters. The number of carboxylic acids is 1. The van der Waals surface area contributed by atoms with Crippen LogP contribution in [-0.4, -0.2) is 27.6 Å². The minimum absolute atomic E-state index is 0.329. The topological polar surface area (TPSA) is 66.3 Å². The van der Waals surface area contributed by atoms with Crippen molar-refractivity contribution in [2.45, 2.75) is 19.9 Å². The van der Waals surface area contributed by atoms with Crippen molar-refractivity contribution in [3.63, 3.8) is 0 Å². The zero-order chi connectivity index (χ0) is 14.1. The van der Waals surface area contributed by atoms with Crippen molar-refractivity contribution in [2.24, 2.45) is 0 Å². The molecule has 5 nitrogen and oxygen atoms in total. The highest BCUT2D eigenvalue weighted by Gasteiger charge is 2.19. The van der Waals surface area contributed by atoms with Gasteiger partial charge in [0.25, 0.3) is 0 Å². The molecule has 0 bridgehead atoms. The van der Waals surface area contributed by atoms with Crippen molar-refractivity contribution in [1.29, 1.82) is 0 Å². The van der Waals surface area contributed by atoms with E-state index in [4.69, 9.17) is 5.11 Å². The second kappa shape index (κ2) is 4.92. The smallest absolute Gasteiger partial charge is 0.335 e. The normalized spacial score (nSPS) is 13.9. The Morgan fingerprint density at radius 3 is 2.70 bits per heavy atom. The van der Waals surface area contributed by atoms with Gasteiger partial charge in [-0.1, -0.05) is 6.07 Å². The van der Waals surface area contributed by atoms with E-state index >= 15 is 0 Å². The lowest BCUT2D eigenvalue weighted by molar-refractivity contribution is 0.0696. The van der Waals surface area contributed by atoms with E-state index in [0.717, 1.165) is 24.1 Å². The van der Waals surface area contributed by atoms with Gasteiger partial charge in [-0.3, -0.25) is 0 Å². The maximum atomic E-state index is 11.0. The summed E-state index contributed by atoms with van der Waals surface area (Å²) < 4.78 is 0. The van der Waals surface area contributed by atoms with Crippen LogP contribution in [0.2, 0.25) is 0 Å². The van der Waals surface area contributed by atoms with Crippen molar-refractivity contribution in [3.8, 4) is 0 Å². The molecular weight excluding hydrogens is 254 g/mol. The molecule has 20 heavy (non-hydrogen) atoms. The lowest BCUT2D eigenvalue weighted by Gasteiger charge is -2.29. The first-order valence-electron chi connectivity index (χ1n) is 6.52. The Hall–Kier alpha value is -2.43. The molecular formula is C15H15N3O2. The summed E-state index contributed by atoms with van der Waals surface area (Å²) in [4.78, 5) is 21.8. The molecule has 0 aliphatic carbocycles. The Morgan fingerprint density at radius 2 is 2.00 bits per heavy atom. The van der Waals surface area contributed by atoms with E-state index in [-0.39, 0.29) is 0 Å². The van der Waals surface area contributed by atoms with Gasteiger partial charge in [0.15, 0.2) is 0 Å². The van der Waals surface area contributed by atoms with Crippen molar-refractivity contribution in [1.82, 2.24) is 9.97 Å². The van der Waals surface area contributed by atoms with Crippen molar-refractivity contribution in [3.05, 3.63) is 52.8 Å². The van der Waals surface area contributed by atoms with Crippen LogP contribution in [0.4, 0.5) is 5.95 Å². The third-order valence-corrected chi connectivity index (χ3v) is 3.52. The monoisotopic (exact) mass is 269 g/mol. The van der Waals surface area contributed by atoms with E-state index in [1.807, 2.05) is 13.0 Å². The average molecular weight is 269 g/mol. The number of fused-ring (bicyclic) bond motifs is 1. The Balaban J connectivity index is 1.88. The van der Waals surface area contributed by atoms with Gasteiger partial charge in [-0.2, -0.15) is 0 Å². The maximum Gasteiger partial charge on any atom is 0.335 e.